The van der Waals surface area contributed by atoms with E-state index < -0.39 is 0 Å². The molecule has 158 valence electrons. The van der Waals surface area contributed by atoms with Gasteiger partial charge in [-0.3, -0.25) is 4.79 Å². The number of urea groups is 1. The number of hydrogen-bond donors (Lipinski definition) is 2. The molecule has 2 aliphatic rings. The van der Waals surface area contributed by atoms with Crippen molar-refractivity contribution in [2.24, 2.45) is 0 Å². The zero-order valence-corrected chi connectivity index (χ0v) is 17.1. The van der Waals surface area contributed by atoms with E-state index in [1.165, 1.54) is 0 Å². The van der Waals surface area contributed by atoms with Crippen LogP contribution in [0.3, 0.4) is 0 Å². The molecule has 4 rings (SSSR count). The average Bonchev–Trinajstić information content (AvgIpc) is 3.45. The fraction of sp³-hybridized carbons (Fsp3) is 0.391. The van der Waals surface area contributed by atoms with Crippen molar-refractivity contribution >= 4 is 17.6 Å². The molecule has 7 nitrogen and oxygen atoms in total. The fourth-order valence-electron chi connectivity index (χ4n) is 3.89. The van der Waals surface area contributed by atoms with E-state index in [1.54, 1.807) is 36.3 Å². The minimum Gasteiger partial charge on any atom is -0.497 e. The van der Waals surface area contributed by atoms with Crippen LogP contribution in [0.2, 0.25) is 0 Å². The number of amides is 3. The molecule has 0 radical (unpaired) electrons. The highest BCUT2D eigenvalue weighted by Gasteiger charge is 2.26. The Morgan fingerprint density at radius 2 is 2.00 bits per heavy atom. The van der Waals surface area contributed by atoms with Crippen molar-refractivity contribution < 1.29 is 19.1 Å². The maximum absolute atomic E-state index is 13.0. The summed E-state index contributed by atoms with van der Waals surface area (Å²) >= 11 is 0. The summed E-state index contributed by atoms with van der Waals surface area (Å²) in [5, 5.41) is 5.73. The summed E-state index contributed by atoms with van der Waals surface area (Å²) < 4.78 is 10.7. The van der Waals surface area contributed by atoms with E-state index in [4.69, 9.17) is 9.47 Å². The van der Waals surface area contributed by atoms with Gasteiger partial charge < -0.3 is 25.0 Å². The number of carbonyl (C=O) groups excluding carboxylic acids is 2. The number of carbonyl (C=O) groups is 2. The summed E-state index contributed by atoms with van der Waals surface area (Å²) in [5.41, 5.74) is 3.63. The van der Waals surface area contributed by atoms with E-state index in [-0.39, 0.29) is 18.0 Å². The van der Waals surface area contributed by atoms with Crippen LogP contribution in [-0.2, 0) is 17.7 Å². The molecule has 3 amide bonds. The van der Waals surface area contributed by atoms with Crippen molar-refractivity contribution in [1.82, 2.24) is 10.6 Å². The minimum absolute atomic E-state index is 0.0316. The lowest BCUT2D eigenvalue weighted by atomic mass is 10.1. The number of benzene rings is 2. The molecule has 2 aromatic carbocycles. The first kappa shape index (κ1) is 20.2. The summed E-state index contributed by atoms with van der Waals surface area (Å²) in [6.45, 7) is 2.35. The summed E-state index contributed by atoms with van der Waals surface area (Å²) in [4.78, 5) is 26.9. The molecule has 2 N–H and O–H groups in total. The monoisotopic (exact) mass is 409 g/mol. The molecule has 0 bridgehead atoms. The van der Waals surface area contributed by atoms with Gasteiger partial charge in [-0.05, 0) is 60.7 Å². The Kier molecular flexibility index (Phi) is 6.18. The second-order valence-corrected chi connectivity index (χ2v) is 7.60. The average molecular weight is 409 g/mol. The van der Waals surface area contributed by atoms with E-state index in [2.05, 4.69) is 10.6 Å². The lowest BCUT2D eigenvalue weighted by molar-refractivity contribution is 0.0989. The van der Waals surface area contributed by atoms with Crippen LogP contribution in [0.15, 0.2) is 42.5 Å². The molecule has 2 heterocycles. The zero-order chi connectivity index (χ0) is 20.9. The minimum atomic E-state index is -0.211. The Morgan fingerprint density at radius 1 is 1.17 bits per heavy atom. The van der Waals surface area contributed by atoms with Gasteiger partial charge in [0.05, 0.1) is 13.2 Å². The topological polar surface area (TPSA) is 79.9 Å². The molecule has 0 aromatic heterocycles. The summed E-state index contributed by atoms with van der Waals surface area (Å²) in [6.07, 6.45) is 2.98. The van der Waals surface area contributed by atoms with Crippen LogP contribution < -0.4 is 20.3 Å². The number of ether oxygens (including phenoxy) is 2. The predicted octanol–water partition coefficient (Wildman–Crippen LogP) is 2.88. The van der Waals surface area contributed by atoms with E-state index >= 15 is 0 Å². The molecule has 0 aliphatic carbocycles. The first-order valence-corrected chi connectivity index (χ1v) is 10.3. The first-order valence-electron chi connectivity index (χ1n) is 10.3. The van der Waals surface area contributed by atoms with Gasteiger partial charge in [-0.1, -0.05) is 12.1 Å². The number of anilines is 1. The maximum atomic E-state index is 13.0. The van der Waals surface area contributed by atoms with Gasteiger partial charge in [0.2, 0.25) is 0 Å². The van der Waals surface area contributed by atoms with Gasteiger partial charge >= 0.3 is 6.03 Å². The molecule has 7 heteroatoms. The molecule has 1 fully saturated rings. The number of fused-ring (bicyclic) bond motifs is 1. The molecule has 1 unspecified atom stereocenters. The molecule has 30 heavy (non-hydrogen) atoms. The van der Waals surface area contributed by atoms with E-state index in [1.807, 2.05) is 18.2 Å². The third kappa shape index (κ3) is 4.57. The van der Waals surface area contributed by atoms with Crippen LogP contribution in [-0.4, -0.2) is 44.8 Å². The zero-order valence-electron chi connectivity index (χ0n) is 17.1. The lowest BCUT2D eigenvalue weighted by Crippen LogP contribution is -2.39. The summed E-state index contributed by atoms with van der Waals surface area (Å²) in [7, 11) is 1.60. The standard InChI is InChI=1S/C23H27N3O4/c1-29-19-8-6-18(7-9-19)22(27)26-11-10-17-5-4-16(13-21(17)26)14-24-23(28)25-15-20-3-2-12-30-20/h4-9,13,20H,2-3,10-12,14-15H2,1H3,(H2,24,25,28). The van der Waals surface area contributed by atoms with Gasteiger partial charge in [-0.15, -0.1) is 0 Å². The highest BCUT2D eigenvalue weighted by molar-refractivity contribution is 6.07. The smallest absolute Gasteiger partial charge is 0.315 e. The number of nitrogens with one attached hydrogen (secondary N) is 2. The second kappa shape index (κ2) is 9.17. The van der Waals surface area contributed by atoms with E-state index in [0.29, 0.717) is 25.2 Å². The van der Waals surface area contributed by atoms with Gasteiger partial charge in [0.15, 0.2) is 0 Å². The van der Waals surface area contributed by atoms with Crippen molar-refractivity contribution in [3.63, 3.8) is 0 Å². The van der Waals surface area contributed by atoms with Gasteiger partial charge in [-0.25, -0.2) is 4.79 Å². The number of rotatable bonds is 6. The molecule has 1 atom stereocenters. The van der Waals surface area contributed by atoms with Gasteiger partial charge in [0.1, 0.15) is 5.75 Å². The fourth-order valence-corrected chi connectivity index (χ4v) is 3.89. The highest BCUT2D eigenvalue weighted by Crippen LogP contribution is 2.30. The van der Waals surface area contributed by atoms with Crippen LogP contribution in [0.1, 0.15) is 34.3 Å². The van der Waals surface area contributed by atoms with Gasteiger partial charge in [-0.2, -0.15) is 0 Å². The summed E-state index contributed by atoms with van der Waals surface area (Å²) in [5.74, 6) is 0.690. The van der Waals surface area contributed by atoms with E-state index in [9.17, 15) is 9.59 Å². The van der Waals surface area contributed by atoms with Gasteiger partial charge in [0, 0.05) is 37.5 Å². The van der Waals surface area contributed by atoms with Crippen molar-refractivity contribution in [2.75, 3.05) is 31.7 Å². The molecule has 2 aliphatic heterocycles. The third-order valence-electron chi connectivity index (χ3n) is 5.59. The Bertz CT molecular complexity index is 907. The molecule has 0 saturated carbocycles. The van der Waals surface area contributed by atoms with Crippen molar-refractivity contribution in [3.05, 3.63) is 59.2 Å². The largest absolute Gasteiger partial charge is 0.497 e. The Hall–Kier alpha value is -3.06. The van der Waals surface area contributed by atoms with Crippen molar-refractivity contribution in [3.8, 4) is 5.75 Å². The van der Waals surface area contributed by atoms with Gasteiger partial charge in [0.25, 0.3) is 5.91 Å². The number of methoxy groups -OCH3 is 1. The third-order valence-corrected chi connectivity index (χ3v) is 5.59. The van der Waals surface area contributed by atoms with E-state index in [0.717, 1.165) is 48.4 Å². The van der Waals surface area contributed by atoms with Crippen LogP contribution in [0, 0.1) is 0 Å². The molecule has 1 saturated heterocycles. The Labute approximate surface area is 176 Å². The van der Waals surface area contributed by atoms with Crippen molar-refractivity contribution in [1.29, 1.82) is 0 Å². The predicted molar refractivity (Wildman–Crippen MR) is 114 cm³/mol. The normalized spacial score (nSPS) is 17.5. The first-order chi connectivity index (χ1) is 14.6. The van der Waals surface area contributed by atoms with Crippen LogP contribution in [0.4, 0.5) is 10.5 Å². The molecule has 2 aromatic rings. The molecule has 0 spiro atoms. The van der Waals surface area contributed by atoms with Crippen molar-refractivity contribution in [2.45, 2.75) is 31.9 Å². The Balaban J connectivity index is 1.37. The second-order valence-electron chi connectivity index (χ2n) is 7.60. The van der Waals surface area contributed by atoms with Crippen LogP contribution in [0.5, 0.6) is 5.75 Å². The number of nitrogens with zero attached hydrogens (tertiary/aromatic N) is 1. The lowest BCUT2D eigenvalue weighted by Gasteiger charge is -2.18. The molecular formula is C23H27N3O4. The summed E-state index contributed by atoms with van der Waals surface area (Å²) in [6, 6.07) is 13.0. The number of hydrogen-bond acceptors (Lipinski definition) is 4. The quantitative estimate of drug-likeness (QED) is 0.769. The maximum Gasteiger partial charge on any atom is 0.315 e. The van der Waals surface area contributed by atoms with Crippen LogP contribution in [0.25, 0.3) is 0 Å². The SMILES string of the molecule is COc1ccc(C(=O)N2CCc3ccc(CNC(=O)NCC4CCCO4)cc32)cc1. The Morgan fingerprint density at radius 3 is 2.73 bits per heavy atom. The van der Waals surface area contributed by atoms with Crippen LogP contribution >= 0.6 is 0 Å². The molecular weight excluding hydrogens is 382 g/mol. The highest BCUT2D eigenvalue weighted by atomic mass is 16.5.